The monoisotopic (exact) mass is 373 g/mol. The van der Waals surface area contributed by atoms with Gasteiger partial charge >= 0.3 is 0 Å². The van der Waals surface area contributed by atoms with E-state index in [-0.39, 0.29) is 0 Å². The van der Waals surface area contributed by atoms with Gasteiger partial charge in [0, 0.05) is 49.3 Å². The molecule has 0 amide bonds. The number of benzene rings is 1. The van der Waals surface area contributed by atoms with E-state index in [0.717, 1.165) is 35.1 Å². The van der Waals surface area contributed by atoms with Gasteiger partial charge in [-0.3, -0.25) is 0 Å². The highest BCUT2D eigenvalue weighted by Gasteiger charge is 2.18. The Hall–Kier alpha value is -3.33. The Morgan fingerprint density at radius 3 is 2.71 bits per heavy atom. The summed E-state index contributed by atoms with van der Waals surface area (Å²) in [7, 11) is 3.89. The van der Waals surface area contributed by atoms with Crippen molar-refractivity contribution in [1.82, 2.24) is 25.0 Å². The van der Waals surface area contributed by atoms with Crippen molar-refractivity contribution in [1.29, 1.82) is 0 Å². The van der Waals surface area contributed by atoms with Crippen molar-refractivity contribution in [3.05, 3.63) is 41.3 Å². The first kappa shape index (κ1) is 18.1. The Balaban J connectivity index is 1.88. The van der Waals surface area contributed by atoms with E-state index < -0.39 is 0 Å². The number of fused-ring (bicyclic) bond motifs is 3. The minimum atomic E-state index is 0.484. The molecular weight excluding hydrogens is 350 g/mol. The smallest absolute Gasteiger partial charge is 0.276 e. The van der Waals surface area contributed by atoms with Crippen molar-refractivity contribution in [3.63, 3.8) is 0 Å². The quantitative estimate of drug-likeness (QED) is 0.433. The number of nitrogens with zero attached hydrogens (tertiary/aromatic N) is 4. The molecule has 0 saturated heterocycles. The largest absolute Gasteiger partial charge is 0.353 e. The molecule has 0 spiro atoms. The van der Waals surface area contributed by atoms with E-state index in [0.29, 0.717) is 18.1 Å². The first-order chi connectivity index (χ1) is 13.6. The van der Waals surface area contributed by atoms with E-state index in [9.17, 15) is 0 Å². The van der Waals surface area contributed by atoms with Gasteiger partial charge in [-0.15, -0.1) is 0 Å². The molecule has 0 unspecified atom stereocenters. The number of aromatic nitrogens is 4. The maximum absolute atomic E-state index is 5.46. The van der Waals surface area contributed by atoms with Crippen LogP contribution in [0.4, 0.5) is 0 Å². The second kappa shape index (κ2) is 7.35. The van der Waals surface area contributed by atoms with Crippen LogP contribution in [0.2, 0.25) is 0 Å². The lowest BCUT2D eigenvalue weighted by Gasteiger charge is -2.05. The van der Waals surface area contributed by atoms with Crippen LogP contribution in [0.15, 0.2) is 28.9 Å². The number of aromatic amines is 1. The number of hydrogen-bond donors (Lipinski definition) is 1. The van der Waals surface area contributed by atoms with Crippen LogP contribution < -0.4 is 0 Å². The molecule has 0 aliphatic carbocycles. The number of aryl methyl sites for hydroxylation is 2. The van der Waals surface area contributed by atoms with Crippen molar-refractivity contribution < 1.29 is 4.52 Å². The molecule has 3 aromatic heterocycles. The fourth-order valence-electron chi connectivity index (χ4n) is 3.44. The van der Waals surface area contributed by atoms with Crippen LogP contribution in [-0.2, 0) is 19.3 Å². The third-order valence-corrected chi connectivity index (χ3v) is 4.74. The highest BCUT2D eigenvalue weighted by atomic mass is 16.5. The van der Waals surface area contributed by atoms with Gasteiger partial charge in [-0.05, 0) is 29.7 Å². The van der Waals surface area contributed by atoms with Crippen LogP contribution in [-0.4, -0.2) is 39.1 Å². The molecule has 1 N–H and O–H groups in total. The Kier molecular flexibility index (Phi) is 4.74. The summed E-state index contributed by atoms with van der Waals surface area (Å²) in [6, 6.07) is 9.52. The van der Waals surface area contributed by atoms with Gasteiger partial charge in [-0.25, -0.2) is 4.98 Å². The van der Waals surface area contributed by atoms with Gasteiger partial charge in [0.25, 0.3) is 5.89 Å². The van der Waals surface area contributed by atoms with E-state index in [1.807, 2.05) is 32.1 Å². The zero-order valence-corrected chi connectivity index (χ0v) is 16.6. The van der Waals surface area contributed by atoms with Crippen molar-refractivity contribution in [3.8, 4) is 23.5 Å². The van der Waals surface area contributed by atoms with Gasteiger partial charge in [-0.1, -0.05) is 31.0 Å². The van der Waals surface area contributed by atoms with Gasteiger partial charge in [-0.2, -0.15) is 4.98 Å². The molecule has 3 heterocycles. The van der Waals surface area contributed by atoms with Crippen molar-refractivity contribution >= 4 is 21.8 Å². The second-order valence-corrected chi connectivity index (χ2v) is 6.96. The maximum Gasteiger partial charge on any atom is 0.276 e. The van der Waals surface area contributed by atoms with Gasteiger partial charge in [0.15, 0.2) is 5.82 Å². The lowest BCUT2D eigenvalue weighted by Crippen LogP contribution is -2.01. The second-order valence-electron chi connectivity index (χ2n) is 6.96. The number of rotatable bonds is 4. The fraction of sp³-hybridized carbons (Fsp3) is 0.318. The average molecular weight is 373 g/mol. The van der Waals surface area contributed by atoms with Crippen LogP contribution in [0, 0.1) is 12.0 Å². The number of nitrogens with one attached hydrogen (secondary N) is 1. The lowest BCUT2D eigenvalue weighted by atomic mass is 10.0. The average Bonchev–Trinajstić information content (AvgIpc) is 3.31. The molecule has 4 rings (SSSR count). The summed E-state index contributed by atoms with van der Waals surface area (Å²) >= 11 is 0. The third-order valence-electron chi connectivity index (χ3n) is 4.74. The van der Waals surface area contributed by atoms with Gasteiger partial charge in [0.1, 0.15) is 5.69 Å². The number of pyridine rings is 1. The zero-order chi connectivity index (χ0) is 19.7. The van der Waals surface area contributed by atoms with Crippen LogP contribution in [0.25, 0.3) is 33.4 Å². The summed E-state index contributed by atoms with van der Waals surface area (Å²) in [6.07, 6.45) is 4.12. The molecule has 0 saturated carbocycles. The first-order valence-electron chi connectivity index (χ1n) is 9.51. The van der Waals surface area contributed by atoms with E-state index in [2.05, 4.69) is 57.2 Å². The van der Waals surface area contributed by atoms with Gasteiger partial charge in [0.2, 0.25) is 0 Å². The van der Waals surface area contributed by atoms with E-state index in [1.54, 1.807) is 0 Å². The number of hydrogen-bond acceptors (Lipinski definition) is 5. The summed E-state index contributed by atoms with van der Waals surface area (Å²) in [5.74, 6) is 4.38. The fourth-order valence-corrected chi connectivity index (χ4v) is 3.44. The number of H-pyrrole nitrogens is 1. The van der Waals surface area contributed by atoms with Crippen molar-refractivity contribution in [2.75, 3.05) is 14.1 Å². The molecule has 0 aliphatic rings. The van der Waals surface area contributed by atoms with Crippen LogP contribution in [0.1, 0.15) is 30.8 Å². The van der Waals surface area contributed by atoms with Crippen molar-refractivity contribution in [2.24, 2.45) is 0 Å². The topological polar surface area (TPSA) is 70.8 Å². The van der Waals surface area contributed by atoms with Crippen LogP contribution in [0.3, 0.4) is 0 Å². The zero-order valence-electron chi connectivity index (χ0n) is 16.6. The molecular formula is C22H23N5O. The lowest BCUT2D eigenvalue weighted by molar-refractivity contribution is 0.422. The molecule has 28 heavy (non-hydrogen) atoms. The molecule has 4 aromatic rings. The SMILES string of the molecule is CCc1noc(-c2ncc3[nH]c4ccc(CC#CN(C)C)cc4c3c2CC)n1. The first-order valence-corrected chi connectivity index (χ1v) is 9.51. The van der Waals surface area contributed by atoms with Crippen LogP contribution in [0.5, 0.6) is 0 Å². The summed E-state index contributed by atoms with van der Waals surface area (Å²) in [5, 5.41) is 6.37. The van der Waals surface area contributed by atoms with E-state index in [1.165, 1.54) is 16.3 Å². The summed E-state index contributed by atoms with van der Waals surface area (Å²) in [4.78, 5) is 14.5. The normalized spacial score (nSPS) is 11.0. The maximum atomic E-state index is 5.46. The molecule has 0 bridgehead atoms. The Morgan fingerprint density at radius 1 is 1.14 bits per heavy atom. The molecule has 0 atom stereocenters. The van der Waals surface area contributed by atoms with E-state index in [4.69, 9.17) is 4.52 Å². The predicted octanol–water partition coefficient (Wildman–Crippen LogP) is 3.96. The predicted molar refractivity (Wildman–Crippen MR) is 111 cm³/mol. The van der Waals surface area contributed by atoms with Gasteiger partial charge < -0.3 is 14.4 Å². The molecule has 1 aromatic carbocycles. The molecule has 142 valence electrons. The summed E-state index contributed by atoms with van der Waals surface area (Å²) < 4.78 is 5.46. The Bertz CT molecular complexity index is 1210. The van der Waals surface area contributed by atoms with Crippen LogP contribution >= 0.6 is 0 Å². The minimum absolute atomic E-state index is 0.484. The minimum Gasteiger partial charge on any atom is -0.353 e. The molecule has 6 heteroatoms. The Labute approximate surface area is 164 Å². The molecule has 0 fully saturated rings. The molecule has 0 aliphatic heterocycles. The van der Waals surface area contributed by atoms with Gasteiger partial charge in [0.05, 0.1) is 11.7 Å². The molecule has 0 radical (unpaired) electrons. The third kappa shape index (κ3) is 3.20. The molecule has 6 nitrogen and oxygen atoms in total. The Morgan fingerprint density at radius 2 is 2.00 bits per heavy atom. The standard InChI is InChI=1S/C22H23N5O/c1-5-15-20-16-12-14(8-7-11-27(3)4)9-10-17(16)24-18(20)13-23-21(15)22-25-19(6-2)26-28-22/h9-10,12-13,24H,5-6,8H2,1-4H3. The highest BCUT2D eigenvalue weighted by Crippen LogP contribution is 2.33. The van der Waals surface area contributed by atoms with Crippen molar-refractivity contribution in [2.45, 2.75) is 33.1 Å². The summed E-state index contributed by atoms with van der Waals surface area (Å²) in [5.41, 5.74) is 5.18. The highest BCUT2D eigenvalue weighted by molar-refractivity contribution is 6.10. The summed E-state index contributed by atoms with van der Waals surface area (Å²) in [6.45, 7) is 4.13. The van der Waals surface area contributed by atoms with E-state index >= 15 is 0 Å².